The molecule has 2 amide bonds. The van der Waals surface area contributed by atoms with Crippen LogP contribution in [-0.4, -0.2) is 65.6 Å². The lowest BCUT2D eigenvalue weighted by atomic mass is 10.0. The van der Waals surface area contributed by atoms with Gasteiger partial charge < -0.3 is 18.9 Å². The summed E-state index contributed by atoms with van der Waals surface area (Å²) >= 11 is 0. The molecule has 0 aromatic heterocycles. The number of unbranched alkanes of at least 4 members (excludes halogenated alkanes) is 28. The number of hydrogen-bond acceptors (Lipinski definition) is 8. The minimum absolute atomic E-state index is 0.193. The van der Waals surface area contributed by atoms with Crippen molar-refractivity contribution in [2.75, 3.05) is 25.9 Å². The molecule has 1 aromatic carbocycles. The summed E-state index contributed by atoms with van der Waals surface area (Å²) in [4.78, 5) is 62.4. The van der Waals surface area contributed by atoms with Crippen LogP contribution >= 0.6 is 7.60 Å². The standard InChI is InChI=1S/C49H84NO9P/c1-3-5-7-9-11-13-15-17-19-21-23-25-27-29-31-37-46(51)57-41-43(42-58-60(55,56)40-39-50-48(53)44-35-33-34-36-45(44)49(50)54)59-47(52)38-32-30-28-26-24-22-20-18-16-14-12-10-8-6-4-2/h33-36,43H,3-32,37-42H2,1-2H3,(H,55,56)/t43-/m1/s1. The van der Waals surface area contributed by atoms with E-state index in [4.69, 9.17) is 14.0 Å². The number of benzene rings is 1. The number of esters is 2. The molecule has 344 valence electrons. The van der Waals surface area contributed by atoms with Gasteiger partial charge in [0.1, 0.15) is 6.61 Å². The Morgan fingerprint density at radius 2 is 0.900 bits per heavy atom. The van der Waals surface area contributed by atoms with Gasteiger partial charge in [0, 0.05) is 19.4 Å². The second-order valence-electron chi connectivity index (χ2n) is 17.2. The first-order chi connectivity index (χ1) is 29.2. The molecule has 0 saturated carbocycles. The maximum Gasteiger partial charge on any atom is 0.330 e. The van der Waals surface area contributed by atoms with E-state index in [2.05, 4.69) is 13.8 Å². The molecule has 0 aliphatic carbocycles. The molecule has 2 atom stereocenters. The summed E-state index contributed by atoms with van der Waals surface area (Å²) in [5.41, 5.74) is 0.506. The van der Waals surface area contributed by atoms with Gasteiger partial charge in [-0.25, -0.2) is 0 Å². The fraction of sp³-hybridized carbons (Fsp3) is 0.796. The van der Waals surface area contributed by atoms with Crippen LogP contribution in [-0.2, 0) is 28.2 Å². The predicted octanol–water partition coefficient (Wildman–Crippen LogP) is 13.5. The summed E-state index contributed by atoms with van der Waals surface area (Å²) in [7, 11) is -4.32. The van der Waals surface area contributed by atoms with Crippen molar-refractivity contribution in [3.05, 3.63) is 35.4 Å². The van der Waals surface area contributed by atoms with Crippen molar-refractivity contribution in [2.24, 2.45) is 0 Å². The van der Waals surface area contributed by atoms with Gasteiger partial charge in [-0.3, -0.25) is 28.6 Å². The van der Waals surface area contributed by atoms with Crippen molar-refractivity contribution in [2.45, 2.75) is 225 Å². The average Bonchev–Trinajstić information content (AvgIpc) is 3.48. The van der Waals surface area contributed by atoms with Crippen LogP contribution in [0.3, 0.4) is 0 Å². The van der Waals surface area contributed by atoms with Crippen LogP contribution < -0.4 is 0 Å². The molecule has 60 heavy (non-hydrogen) atoms. The van der Waals surface area contributed by atoms with Gasteiger partial charge in [0.05, 0.1) is 23.9 Å². The van der Waals surface area contributed by atoms with Crippen molar-refractivity contribution in [3.8, 4) is 0 Å². The van der Waals surface area contributed by atoms with Crippen molar-refractivity contribution in [1.82, 2.24) is 4.90 Å². The Morgan fingerprint density at radius 1 is 0.550 bits per heavy atom. The fourth-order valence-corrected chi connectivity index (χ4v) is 8.81. The number of nitrogens with zero attached hydrogens (tertiary/aromatic N) is 1. The molecule has 0 spiro atoms. The van der Waals surface area contributed by atoms with Crippen molar-refractivity contribution in [3.63, 3.8) is 0 Å². The Balaban J connectivity index is 1.67. The molecule has 1 unspecified atom stereocenters. The Labute approximate surface area is 364 Å². The van der Waals surface area contributed by atoms with Crippen molar-refractivity contribution >= 4 is 31.3 Å². The molecule has 1 aliphatic heterocycles. The zero-order valence-electron chi connectivity index (χ0n) is 38.0. The lowest BCUT2D eigenvalue weighted by molar-refractivity contribution is -0.161. The molecule has 1 aromatic rings. The van der Waals surface area contributed by atoms with Gasteiger partial charge in [-0.05, 0) is 25.0 Å². The summed E-state index contributed by atoms with van der Waals surface area (Å²) in [6, 6.07) is 6.40. The van der Waals surface area contributed by atoms with Crippen LogP contribution in [0.5, 0.6) is 0 Å². The van der Waals surface area contributed by atoms with E-state index in [1.165, 1.54) is 141 Å². The largest absolute Gasteiger partial charge is 0.462 e. The molecular weight excluding hydrogens is 778 g/mol. The highest BCUT2D eigenvalue weighted by atomic mass is 31.2. The number of imide groups is 1. The number of carbonyl (C=O) groups excluding carboxylic acids is 4. The second kappa shape index (κ2) is 35.0. The van der Waals surface area contributed by atoms with E-state index < -0.39 is 50.2 Å². The molecule has 2 rings (SSSR count). The van der Waals surface area contributed by atoms with E-state index in [0.29, 0.717) is 12.8 Å². The van der Waals surface area contributed by atoms with Crippen LogP contribution in [0, 0.1) is 0 Å². The zero-order valence-corrected chi connectivity index (χ0v) is 38.8. The smallest absolute Gasteiger partial charge is 0.330 e. The third-order valence-electron chi connectivity index (χ3n) is 11.6. The normalized spacial score (nSPS) is 14.0. The lowest BCUT2D eigenvalue weighted by Crippen LogP contribution is -2.33. The number of carbonyl (C=O) groups is 4. The van der Waals surface area contributed by atoms with Crippen molar-refractivity contribution < 1.29 is 42.6 Å². The molecule has 0 saturated heterocycles. The molecule has 0 bridgehead atoms. The first-order valence-electron chi connectivity index (χ1n) is 24.4. The first kappa shape index (κ1) is 53.6. The molecule has 11 heteroatoms. The predicted molar refractivity (Wildman–Crippen MR) is 242 cm³/mol. The van der Waals surface area contributed by atoms with Crippen LogP contribution in [0.2, 0.25) is 0 Å². The SMILES string of the molecule is CCCCCCCCCCCCCCCCCC(=O)OC[C@H](COP(=O)(O)CCN1C(=O)c2ccccc2C1=O)OC(=O)CCCCCCCCCCCCCCCCC. The molecule has 10 nitrogen and oxygen atoms in total. The number of ether oxygens (including phenoxy) is 2. The Morgan fingerprint density at radius 3 is 1.28 bits per heavy atom. The number of fused-ring (bicyclic) bond motifs is 1. The van der Waals surface area contributed by atoms with E-state index in [-0.39, 0.29) is 37.1 Å². The highest BCUT2D eigenvalue weighted by molar-refractivity contribution is 7.52. The van der Waals surface area contributed by atoms with Gasteiger partial charge in [-0.2, -0.15) is 0 Å². The highest BCUT2D eigenvalue weighted by Gasteiger charge is 2.36. The lowest BCUT2D eigenvalue weighted by Gasteiger charge is -2.21. The summed E-state index contributed by atoms with van der Waals surface area (Å²) in [5, 5.41) is 0. The maximum absolute atomic E-state index is 13.0. The van der Waals surface area contributed by atoms with E-state index in [1.54, 1.807) is 24.3 Å². The molecule has 0 radical (unpaired) electrons. The van der Waals surface area contributed by atoms with Crippen molar-refractivity contribution in [1.29, 1.82) is 0 Å². The third kappa shape index (κ3) is 26.0. The Bertz CT molecular complexity index is 1320. The number of hydrogen-bond donors (Lipinski definition) is 1. The quantitative estimate of drug-likeness (QED) is 0.0295. The summed E-state index contributed by atoms with van der Waals surface area (Å²) in [6.45, 7) is 3.44. The van der Waals surface area contributed by atoms with E-state index in [9.17, 15) is 28.6 Å². The van der Waals surface area contributed by atoms with E-state index >= 15 is 0 Å². The minimum atomic E-state index is -4.32. The molecular formula is C49H84NO9P. The highest BCUT2D eigenvalue weighted by Crippen LogP contribution is 2.42. The van der Waals surface area contributed by atoms with Crippen LogP contribution in [0.1, 0.15) is 240 Å². The topological polar surface area (TPSA) is 137 Å². The zero-order chi connectivity index (χ0) is 43.5. The molecule has 0 fully saturated rings. The van der Waals surface area contributed by atoms with Crippen LogP contribution in [0.4, 0.5) is 0 Å². The second-order valence-corrected chi connectivity index (χ2v) is 19.1. The average molecular weight is 862 g/mol. The Hall–Kier alpha value is -2.55. The first-order valence-corrected chi connectivity index (χ1v) is 26.2. The fourth-order valence-electron chi connectivity index (χ4n) is 7.83. The van der Waals surface area contributed by atoms with Gasteiger partial charge in [-0.1, -0.05) is 206 Å². The number of rotatable bonds is 41. The van der Waals surface area contributed by atoms with Crippen LogP contribution in [0.25, 0.3) is 0 Å². The summed E-state index contributed by atoms with van der Waals surface area (Å²) < 4.78 is 29.4. The molecule has 1 heterocycles. The summed E-state index contributed by atoms with van der Waals surface area (Å²) in [5.74, 6) is -1.94. The number of amides is 2. The van der Waals surface area contributed by atoms with Gasteiger partial charge in [0.15, 0.2) is 6.10 Å². The van der Waals surface area contributed by atoms with E-state index in [1.807, 2.05) is 0 Å². The van der Waals surface area contributed by atoms with Gasteiger partial charge in [0.25, 0.3) is 11.8 Å². The third-order valence-corrected chi connectivity index (χ3v) is 13.0. The van der Waals surface area contributed by atoms with Crippen LogP contribution in [0.15, 0.2) is 24.3 Å². The molecule has 1 aliphatic rings. The monoisotopic (exact) mass is 862 g/mol. The van der Waals surface area contributed by atoms with Gasteiger partial charge in [-0.15, -0.1) is 0 Å². The van der Waals surface area contributed by atoms with Gasteiger partial charge >= 0.3 is 19.5 Å². The summed E-state index contributed by atoms with van der Waals surface area (Å²) in [6.07, 6.45) is 35.7. The van der Waals surface area contributed by atoms with E-state index in [0.717, 1.165) is 43.4 Å². The Kier molecular flexibility index (Phi) is 31.2. The molecule has 1 N–H and O–H groups in total. The maximum atomic E-state index is 13.0. The minimum Gasteiger partial charge on any atom is -0.462 e. The van der Waals surface area contributed by atoms with Gasteiger partial charge in [0.2, 0.25) is 0 Å².